The highest BCUT2D eigenvalue weighted by Gasteiger charge is 2.17. The van der Waals surface area contributed by atoms with Gasteiger partial charge in [-0.3, -0.25) is 0 Å². The fraction of sp³-hybridized carbons (Fsp3) is 0.667. The van der Waals surface area contributed by atoms with Gasteiger partial charge in [0.15, 0.2) is 0 Å². The average molecular weight is 154 g/mol. The third kappa shape index (κ3) is 2.62. The molecule has 0 radical (unpaired) electrons. The lowest BCUT2D eigenvalue weighted by atomic mass is 10.7. The Hall–Kier alpha value is -0.360. The number of urea groups is 1. The zero-order valence-electron chi connectivity index (χ0n) is 4.71. The van der Waals surface area contributed by atoms with E-state index in [9.17, 15) is 10.0 Å². The van der Waals surface area contributed by atoms with Crippen LogP contribution in [0.4, 0.5) is 4.79 Å². The molecule has 0 aromatic heterocycles. The van der Waals surface area contributed by atoms with Crippen molar-refractivity contribution < 1.29 is 9.55 Å². The summed E-state index contributed by atoms with van der Waals surface area (Å²) in [6.45, 7) is -0.198. The van der Waals surface area contributed by atoms with Gasteiger partial charge in [0.25, 0.3) is 0 Å². The SMILES string of the molecule is NC(=O)[N+](N)([O-])CCCl. The van der Waals surface area contributed by atoms with Crippen molar-refractivity contribution in [2.24, 2.45) is 11.6 Å². The molecule has 5 nitrogen and oxygen atoms in total. The third-order valence-corrected chi connectivity index (χ3v) is 0.959. The van der Waals surface area contributed by atoms with E-state index in [0.29, 0.717) is 0 Å². The summed E-state index contributed by atoms with van der Waals surface area (Å²) in [7, 11) is 0. The van der Waals surface area contributed by atoms with Gasteiger partial charge in [-0.05, 0) is 0 Å². The molecule has 0 bridgehead atoms. The van der Waals surface area contributed by atoms with Crippen molar-refractivity contribution in [1.29, 1.82) is 0 Å². The van der Waals surface area contributed by atoms with Gasteiger partial charge < -0.3 is 10.9 Å². The number of alkyl halides is 1. The minimum absolute atomic E-state index is 0.0168. The maximum atomic E-state index is 10.6. The van der Waals surface area contributed by atoms with E-state index in [0.717, 1.165) is 0 Å². The Balaban J connectivity index is 3.85. The molecule has 0 saturated heterocycles. The predicted octanol–water partition coefficient (Wildman–Crippen LogP) is -0.508. The van der Waals surface area contributed by atoms with Crippen LogP contribution >= 0.6 is 11.6 Å². The number of hydroxylamine groups is 2. The Labute approximate surface area is 57.3 Å². The third-order valence-electron chi connectivity index (χ3n) is 0.790. The number of halogens is 1. The second kappa shape index (κ2) is 2.98. The van der Waals surface area contributed by atoms with Crippen molar-refractivity contribution >= 4 is 17.6 Å². The predicted molar refractivity (Wildman–Crippen MR) is 33.0 cm³/mol. The first-order valence-electron chi connectivity index (χ1n) is 2.24. The number of hydrogen-bond acceptors (Lipinski definition) is 3. The number of nitrogens with zero attached hydrogens (tertiary/aromatic N) is 1. The number of nitrogens with two attached hydrogens (primary N) is 2. The second-order valence-corrected chi connectivity index (χ2v) is 1.92. The number of primary amides is 1. The molecule has 4 N–H and O–H groups in total. The lowest BCUT2D eigenvalue weighted by Crippen LogP contribution is -2.57. The summed E-state index contributed by atoms with van der Waals surface area (Å²) in [5.41, 5.74) is 4.59. The van der Waals surface area contributed by atoms with Crippen LogP contribution in [0.25, 0.3) is 0 Å². The van der Waals surface area contributed by atoms with E-state index >= 15 is 0 Å². The molecular weight excluding hydrogens is 146 g/mol. The smallest absolute Gasteiger partial charge is 0.433 e. The molecule has 0 spiro atoms. The van der Waals surface area contributed by atoms with Gasteiger partial charge in [-0.15, -0.1) is 11.6 Å². The maximum Gasteiger partial charge on any atom is 0.433 e. The number of carbonyl (C=O) groups is 1. The van der Waals surface area contributed by atoms with E-state index in [-0.39, 0.29) is 12.4 Å². The van der Waals surface area contributed by atoms with Crippen LogP contribution in [0.2, 0.25) is 0 Å². The standard InChI is InChI=1S/C3H8ClN3O2/c4-1-2-7(6,9)3(5)8/h1-2,6H2,(H2,5,8). The van der Waals surface area contributed by atoms with Crippen molar-refractivity contribution in [1.82, 2.24) is 0 Å². The van der Waals surface area contributed by atoms with Gasteiger partial charge in [-0.1, -0.05) is 0 Å². The molecule has 0 heterocycles. The molecule has 0 aliphatic rings. The lowest BCUT2D eigenvalue weighted by Gasteiger charge is -2.29. The first-order valence-corrected chi connectivity index (χ1v) is 2.78. The quantitative estimate of drug-likeness (QED) is 0.184. The molecule has 2 amide bonds. The molecule has 0 rings (SSSR count). The van der Waals surface area contributed by atoms with E-state index < -0.39 is 10.8 Å². The van der Waals surface area contributed by atoms with Crippen LogP contribution in [-0.2, 0) is 0 Å². The fourth-order valence-corrected chi connectivity index (χ4v) is 0.487. The van der Waals surface area contributed by atoms with Crippen molar-refractivity contribution in [3.63, 3.8) is 0 Å². The van der Waals surface area contributed by atoms with E-state index in [2.05, 4.69) is 5.73 Å². The van der Waals surface area contributed by atoms with Crippen LogP contribution in [0, 0.1) is 5.21 Å². The molecule has 0 aromatic carbocycles. The van der Waals surface area contributed by atoms with Gasteiger partial charge in [-0.25, -0.2) is 4.79 Å². The molecule has 0 aliphatic heterocycles. The summed E-state index contributed by atoms with van der Waals surface area (Å²) < 4.78 is -1.59. The van der Waals surface area contributed by atoms with Crippen molar-refractivity contribution in [2.75, 3.05) is 12.4 Å². The van der Waals surface area contributed by atoms with Gasteiger partial charge in [0, 0.05) is 0 Å². The Morgan fingerprint density at radius 3 is 2.33 bits per heavy atom. The summed E-state index contributed by atoms with van der Waals surface area (Å²) in [5.74, 6) is 4.81. The zero-order chi connectivity index (χ0) is 7.49. The van der Waals surface area contributed by atoms with E-state index in [1.165, 1.54) is 0 Å². The van der Waals surface area contributed by atoms with E-state index in [1.54, 1.807) is 0 Å². The van der Waals surface area contributed by atoms with Gasteiger partial charge in [0.05, 0.1) is 5.88 Å². The first-order chi connectivity index (χ1) is 4.00. The molecule has 0 saturated carbocycles. The summed E-state index contributed by atoms with van der Waals surface area (Å²) in [4.78, 5) is 10.1. The van der Waals surface area contributed by atoms with Crippen molar-refractivity contribution in [3.8, 4) is 0 Å². The van der Waals surface area contributed by atoms with Crippen LogP contribution in [0.15, 0.2) is 0 Å². The van der Waals surface area contributed by atoms with E-state index in [4.69, 9.17) is 17.4 Å². The first kappa shape index (κ1) is 8.64. The lowest BCUT2D eigenvalue weighted by molar-refractivity contribution is -0.807. The number of carbonyl (C=O) groups excluding carboxylic acids is 1. The van der Waals surface area contributed by atoms with Crippen LogP contribution in [0.5, 0.6) is 0 Å². The molecule has 54 valence electrons. The molecule has 0 aliphatic carbocycles. The van der Waals surface area contributed by atoms with Gasteiger partial charge >= 0.3 is 6.03 Å². The number of rotatable bonds is 2. The highest BCUT2D eigenvalue weighted by Crippen LogP contribution is 1.93. The number of hydrogen-bond donors (Lipinski definition) is 2. The Morgan fingerprint density at radius 1 is 1.78 bits per heavy atom. The second-order valence-electron chi connectivity index (χ2n) is 1.55. The number of quaternary nitrogens is 1. The fourth-order valence-electron chi connectivity index (χ4n) is 0.236. The monoisotopic (exact) mass is 153 g/mol. The average Bonchev–Trinajstić information content (AvgIpc) is 1.65. The Bertz CT molecular complexity index is 116. The summed E-state index contributed by atoms with van der Waals surface area (Å²) >= 11 is 5.13. The van der Waals surface area contributed by atoms with Crippen LogP contribution in [0.1, 0.15) is 0 Å². The van der Waals surface area contributed by atoms with Crippen molar-refractivity contribution in [3.05, 3.63) is 5.21 Å². The summed E-state index contributed by atoms with van der Waals surface area (Å²) in [6, 6.07) is -1.13. The minimum Gasteiger partial charge on any atom is -0.603 e. The normalized spacial score (nSPS) is 16.8. The van der Waals surface area contributed by atoms with Gasteiger partial charge in [-0.2, -0.15) is 10.6 Å². The molecule has 6 heteroatoms. The molecule has 0 aromatic rings. The topological polar surface area (TPSA) is 92.2 Å². The zero-order valence-corrected chi connectivity index (χ0v) is 5.47. The molecule has 9 heavy (non-hydrogen) atoms. The van der Waals surface area contributed by atoms with Gasteiger partial charge in [0.2, 0.25) is 0 Å². The number of amides is 2. The van der Waals surface area contributed by atoms with Crippen LogP contribution in [-0.4, -0.2) is 23.2 Å². The maximum absolute atomic E-state index is 10.6. The molecule has 1 unspecified atom stereocenters. The van der Waals surface area contributed by atoms with E-state index in [1.807, 2.05) is 0 Å². The molecular formula is C3H8ClN3O2. The van der Waals surface area contributed by atoms with Gasteiger partial charge in [0.1, 0.15) is 6.54 Å². The van der Waals surface area contributed by atoms with Crippen LogP contribution < -0.4 is 11.6 Å². The van der Waals surface area contributed by atoms with Crippen LogP contribution in [0.3, 0.4) is 0 Å². The van der Waals surface area contributed by atoms with Crippen molar-refractivity contribution in [2.45, 2.75) is 0 Å². The minimum atomic E-state index is -1.59. The molecule has 1 atom stereocenters. The highest BCUT2D eigenvalue weighted by atomic mass is 35.5. The molecule has 0 fully saturated rings. The summed E-state index contributed by atoms with van der Waals surface area (Å²) in [6.07, 6.45) is 0. The highest BCUT2D eigenvalue weighted by molar-refractivity contribution is 6.18. The Morgan fingerprint density at radius 2 is 2.22 bits per heavy atom. The summed E-state index contributed by atoms with van der Waals surface area (Å²) in [5, 5.41) is 10.6. The largest absolute Gasteiger partial charge is 0.603 e. The Kier molecular flexibility index (Phi) is 2.86.